The van der Waals surface area contributed by atoms with Gasteiger partial charge in [0.05, 0.1) is 5.69 Å². The summed E-state index contributed by atoms with van der Waals surface area (Å²) in [5.74, 6) is -0.0975. The molecule has 2 heterocycles. The molecule has 29 heavy (non-hydrogen) atoms. The van der Waals surface area contributed by atoms with Gasteiger partial charge in [-0.3, -0.25) is 14.6 Å². The first-order valence-corrected chi connectivity index (χ1v) is 9.24. The van der Waals surface area contributed by atoms with Crippen LogP contribution in [0, 0.1) is 0 Å². The van der Waals surface area contributed by atoms with Gasteiger partial charge in [-0.1, -0.05) is 35.9 Å². The summed E-state index contributed by atoms with van der Waals surface area (Å²) < 4.78 is 5.72. The Morgan fingerprint density at radius 1 is 1.17 bits per heavy atom. The molecule has 0 saturated carbocycles. The van der Waals surface area contributed by atoms with Crippen molar-refractivity contribution in [1.82, 2.24) is 10.3 Å². The first kappa shape index (κ1) is 18.7. The van der Waals surface area contributed by atoms with Crippen molar-refractivity contribution in [3.63, 3.8) is 0 Å². The molecule has 1 aromatic heterocycles. The van der Waals surface area contributed by atoms with E-state index >= 15 is 0 Å². The zero-order chi connectivity index (χ0) is 20.2. The van der Waals surface area contributed by atoms with E-state index in [1.54, 1.807) is 54.9 Å². The van der Waals surface area contributed by atoms with Crippen molar-refractivity contribution in [1.29, 1.82) is 0 Å². The molecule has 0 fully saturated rings. The maximum Gasteiger partial charge on any atom is 0.291 e. The topological polar surface area (TPSA) is 80.3 Å². The molecule has 0 aliphatic carbocycles. The number of ether oxygens (including phenoxy) is 1. The van der Waals surface area contributed by atoms with Crippen LogP contribution >= 0.6 is 11.6 Å². The van der Waals surface area contributed by atoms with Crippen LogP contribution in [0.25, 0.3) is 6.08 Å². The number of fused-ring (bicyclic) bond motifs is 1. The van der Waals surface area contributed by atoms with Gasteiger partial charge in [-0.05, 0) is 47.5 Å². The highest BCUT2D eigenvalue weighted by Crippen LogP contribution is 2.33. The van der Waals surface area contributed by atoms with Gasteiger partial charge in [0.25, 0.3) is 11.8 Å². The van der Waals surface area contributed by atoms with E-state index in [1.807, 2.05) is 18.2 Å². The summed E-state index contributed by atoms with van der Waals surface area (Å²) in [6, 6.07) is 15.7. The average molecular weight is 406 g/mol. The van der Waals surface area contributed by atoms with Crippen LogP contribution in [0.4, 0.5) is 5.69 Å². The maximum absolute atomic E-state index is 12.4. The lowest BCUT2D eigenvalue weighted by Crippen LogP contribution is -2.25. The number of carbonyl (C=O) groups excluding carboxylic acids is 2. The number of aromatic nitrogens is 1. The molecule has 0 bridgehead atoms. The predicted octanol–water partition coefficient (Wildman–Crippen LogP) is 4.04. The molecular weight excluding hydrogens is 390 g/mol. The molecule has 0 spiro atoms. The second-order valence-electron chi connectivity index (χ2n) is 6.34. The predicted molar refractivity (Wildman–Crippen MR) is 111 cm³/mol. The average Bonchev–Trinajstić information content (AvgIpc) is 2.74. The molecule has 1 aliphatic heterocycles. The summed E-state index contributed by atoms with van der Waals surface area (Å²) >= 11 is 6.14. The van der Waals surface area contributed by atoms with Gasteiger partial charge < -0.3 is 15.4 Å². The van der Waals surface area contributed by atoms with Crippen molar-refractivity contribution < 1.29 is 14.3 Å². The molecule has 0 atom stereocenters. The largest absolute Gasteiger partial charge is 0.449 e. The maximum atomic E-state index is 12.4. The van der Waals surface area contributed by atoms with Crippen LogP contribution < -0.4 is 15.4 Å². The van der Waals surface area contributed by atoms with Gasteiger partial charge in [-0.15, -0.1) is 0 Å². The molecular formula is C22H16ClN3O3. The molecule has 0 radical (unpaired) electrons. The summed E-state index contributed by atoms with van der Waals surface area (Å²) in [4.78, 5) is 28.8. The third kappa shape index (κ3) is 4.28. The number of pyridine rings is 1. The lowest BCUT2D eigenvalue weighted by Gasteiger charge is -2.20. The molecule has 6 nitrogen and oxygen atoms in total. The molecule has 2 amide bonds. The van der Waals surface area contributed by atoms with E-state index in [4.69, 9.17) is 16.3 Å². The van der Waals surface area contributed by atoms with Gasteiger partial charge in [-0.2, -0.15) is 0 Å². The first-order chi connectivity index (χ1) is 14.1. The van der Waals surface area contributed by atoms with Crippen LogP contribution in [0.1, 0.15) is 21.5 Å². The number of benzene rings is 2. The smallest absolute Gasteiger partial charge is 0.291 e. The number of amides is 2. The second-order valence-corrected chi connectivity index (χ2v) is 6.75. The Morgan fingerprint density at radius 3 is 2.83 bits per heavy atom. The third-order valence-corrected chi connectivity index (χ3v) is 4.65. The Balaban J connectivity index is 1.50. The molecule has 3 aromatic rings. The standard InChI is InChI=1S/C22H16ClN3O3/c23-17-6-2-1-5-15(17)11-20-22(28)26-18-10-16(7-8-19(18)29-20)21(27)25-13-14-4-3-9-24-12-14/h1-12H,13H2,(H,25,27)(H,26,28)/b20-11-. The highest BCUT2D eigenvalue weighted by Gasteiger charge is 2.23. The van der Waals surface area contributed by atoms with Crippen molar-refractivity contribution in [2.45, 2.75) is 6.54 Å². The number of hydrogen-bond donors (Lipinski definition) is 2. The summed E-state index contributed by atoms with van der Waals surface area (Å²) in [6.45, 7) is 0.358. The molecule has 1 aliphatic rings. The fourth-order valence-electron chi connectivity index (χ4n) is 2.82. The molecule has 0 unspecified atom stereocenters. The number of anilines is 1. The monoisotopic (exact) mass is 405 g/mol. The minimum absolute atomic E-state index is 0.124. The highest BCUT2D eigenvalue weighted by atomic mass is 35.5. The SMILES string of the molecule is O=C1Nc2cc(C(=O)NCc3cccnc3)ccc2O/C1=C\c1ccccc1Cl. The molecule has 4 rings (SSSR count). The molecule has 144 valence electrons. The first-order valence-electron chi connectivity index (χ1n) is 8.87. The van der Waals surface area contributed by atoms with Crippen molar-refractivity contribution in [2.24, 2.45) is 0 Å². The van der Waals surface area contributed by atoms with E-state index in [-0.39, 0.29) is 11.7 Å². The van der Waals surface area contributed by atoms with Crippen molar-refractivity contribution in [2.75, 3.05) is 5.32 Å². The van der Waals surface area contributed by atoms with Gasteiger partial charge in [-0.25, -0.2) is 0 Å². The number of rotatable bonds is 4. The quantitative estimate of drug-likeness (QED) is 0.642. The zero-order valence-electron chi connectivity index (χ0n) is 15.2. The van der Waals surface area contributed by atoms with Gasteiger partial charge in [0.1, 0.15) is 0 Å². The van der Waals surface area contributed by atoms with Gasteiger partial charge in [0, 0.05) is 29.5 Å². The molecule has 7 heteroatoms. The van der Waals surface area contributed by atoms with Crippen LogP contribution in [-0.2, 0) is 11.3 Å². The minimum Gasteiger partial charge on any atom is -0.449 e. The number of nitrogens with zero attached hydrogens (tertiary/aromatic N) is 1. The van der Waals surface area contributed by atoms with E-state index in [0.29, 0.717) is 34.1 Å². The van der Waals surface area contributed by atoms with Crippen LogP contribution in [0.5, 0.6) is 5.75 Å². The van der Waals surface area contributed by atoms with Crippen molar-refractivity contribution in [3.8, 4) is 5.75 Å². The van der Waals surface area contributed by atoms with Crippen molar-refractivity contribution >= 4 is 35.2 Å². The summed E-state index contributed by atoms with van der Waals surface area (Å²) in [6.07, 6.45) is 4.94. The Bertz CT molecular complexity index is 1110. The van der Waals surface area contributed by atoms with Crippen LogP contribution in [0.3, 0.4) is 0 Å². The highest BCUT2D eigenvalue weighted by molar-refractivity contribution is 6.32. The number of carbonyl (C=O) groups is 2. The zero-order valence-corrected chi connectivity index (χ0v) is 15.9. The van der Waals surface area contributed by atoms with Gasteiger partial charge in [0.2, 0.25) is 0 Å². The number of nitrogens with one attached hydrogen (secondary N) is 2. The Labute approximate surface area is 172 Å². The van der Waals surface area contributed by atoms with Gasteiger partial charge in [0.15, 0.2) is 11.5 Å². The van der Waals surface area contributed by atoms with Crippen LogP contribution in [-0.4, -0.2) is 16.8 Å². The number of halogens is 1. The van der Waals surface area contributed by atoms with Crippen molar-refractivity contribution in [3.05, 3.63) is 94.5 Å². The van der Waals surface area contributed by atoms with E-state index in [0.717, 1.165) is 5.56 Å². The Hall–Kier alpha value is -3.64. The second kappa shape index (κ2) is 8.16. The van der Waals surface area contributed by atoms with Crippen LogP contribution in [0.15, 0.2) is 72.8 Å². The molecule has 0 saturated heterocycles. The summed E-state index contributed by atoms with van der Waals surface area (Å²) in [7, 11) is 0. The number of hydrogen-bond acceptors (Lipinski definition) is 4. The fourth-order valence-corrected chi connectivity index (χ4v) is 3.01. The Morgan fingerprint density at radius 2 is 2.03 bits per heavy atom. The van der Waals surface area contributed by atoms with Gasteiger partial charge >= 0.3 is 0 Å². The lowest BCUT2D eigenvalue weighted by atomic mass is 10.1. The Kier molecular flexibility index (Phi) is 5.27. The van der Waals surface area contributed by atoms with E-state index in [9.17, 15) is 9.59 Å². The third-order valence-electron chi connectivity index (χ3n) is 4.30. The lowest BCUT2D eigenvalue weighted by molar-refractivity contribution is -0.115. The van der Waals surface area contributed by atoms with Crippen LogP contribution in [0.2, 0.25) is 5.02 Å². The van der Waals surface area contributed by atoms with E-state index in [2.05, 4.69) is 15.6 Å². The normalized spacial score (nSPS) is 14.0. The fraction of sp³-hybridized carbons (Fsp3) is 0.0455. The molecule has 2 N–H and O–H groups in total. The summed E-state index contributed by atoms with van der Waals surface area (Å²) in [5, 5.41) is 6.09. The minimum atomic E-state index is -0.412. The summed E-state index contributed by atoms with van der Waals surface area (Å²) in [5.41, 5.74) is 2.41. The molecule has 2 aromatic carbocycles. The van der Waals surface area contributed by atoms with E-state index in [1.165, 1.54) is 0 Å². The van der Waals surface area contributed by atoms with E-state index < -0.39 is 5.91 Å².